The minimum atomic E-state index is -0.129. The second kappa shape index (κ2) is 29.6. The van der Waals surface area contributed by atoms with E-state index >= 15 is 0 Å². The molecule has 2 saturated carbocycles. The molecule has 25 nitrogen and oxygen atoms in total. The minimum absolute atomic E-state index is 0.0101. The predicted octanol–water partition coefficient (Wildman–Crippen LogP) is 8.46. The molecule has 3 fully saturated rings. The number of piperidine rings is 1. The van der Waals surface area contributed by atoms with Crippen LogP contribution in [0.2, 0.25) is 5.02 Å². The number of amides is 3. The molecule has 91 heavy (non-hydrogen) atoms. The Morgan fingerprint density at radius 1 is 0.615 bits per heavy atom. The molecule has 3 aromatic carbocycles. The summed E-state index contributed by atoms with van der Waals surface area (Å²) in [6.07, 6.45) is 19.3. The molecule has 1 atom stereocenters. The first-order chi connectivity index (χ1) is 44.1. The highest BCUT2D eigenvalue weighted by atomic mass is 35.5. The molecule has 12 rings (SSSR count). The average molecular weight is 1250 g/mol. The molecule has 9 N–H and O–H groups in total. The lowest BCUT2D eigenvalue weighted by atomic mass is 9.91. The van der Waals surface area contributed by atoms with Gasteiger partial charge in [0, 0.05) is 66.6 Å². The van der Waals surface area contributed by atoms with E-state index in [0.29, 0.717) is 59.0 Å². The molecule has 474 valence electrons. The van der Waals surface area contributed by atoms with Crippen LogP contribution in [-0.2, 0) is 19.1 Å². The van der Waals surface area contributed by atoms with Gasteiger partial charge in [0.05, 0.1) is 40.9 Å². The van der Waals surface area contributed by atoms with Crippen LogP contribution in [0.25, 0.3) is 66.9 Å². The van der Waals surface area contributed by atoms with Crippen molar-refractivity contribution in [2.75, 3.05) is 71.3 Å². The number of hydrogen-bond acceptors (Lipinski definition) is 19. The summed E-state index contributed by atoms with van der Waals surface area (Å²) in [6.45, 7) is 10.1. The van der Waals surface area contributed by atoms with Gasteiger partial charge >= 0.3 is 0 Å². The molecule has 7 heterocycles. The summed E-state index contributed by atoms with van der Waals surface area (Å²) in [5.74, 6) is 1.87. The van der Waals surface area contributed by atoms with Crippen molar-refractivity contribution in [2.45, 2.75) is 94.4 Å². The number of methoxy groups -OCH3 is 1. The number of phenols is 1. The number of nitrogen functional groups attached to an aromatic ring is 3. The first kappa shape index (κ1) is 64.1. The molecule has 3 amide bonds. The number of benzene rings is 3. The van der Waals surface area contributed by atoms with Crippen LogP contribution in [0.15, 0.2) is 129 Å². The zero-order valence-corrected chi connectivity index (χ0v) is 52.0. The fourth-order valence-corrected chi connectivity index (χ4v) is 11.9. The number of fused-ring (bicyclic) bond motifs is 3. The van der Waals surface area contributed by atoms with Crippen molar-refractivity contribution in [1.82, 2.24) is 79.7 Å². The number of nitrogens with one attached hydrogen (secondary N) is 2. The average Bonchev–Trinajstić information content (AvgIpc) is 1.65. The van der Waals surface area contributed by atoms with Gasteiger partial charge in [-0.2, -0.15) is 15.3 Å². The zero-order chi connectivity index (χ0) is 64.1. The van der Waals surface area contributed by atoms with E-state index in [2.05, 4.69) is 53.7 Å². The predicted molar refractivity (Wildman–Crippen MR) is 351 cm³/mol. The fourth-order valence-electron chi connectivity index (χ4n) is 11.8. The van der Waals surface area contributed by atoms with E-state index in [0.717, 1.165) is 133 Å². The number of phenolic OH excluding ortho intramolecular Hbond substituents is 1. The van der Waals surface area contributed by atoms with Crippen LogP contribution in [0.5, 0.6) is 11.5 Å². The third-order valence-electron chi connectivity index (χ3n) is 16.4. The molecule has 0 radical (unpaired) electrons. The summed E-state index contributed by atoms with van der Waals surface area (Å²) in [4.78, 5) is 65.6. The molecule has 26 heteroatoms. The number of nitrogens with two attached hydrogens (primary N) is 3. The second-order valence-electron chi connectivity index (χ2n) is 22.9. The Kier molecular flexibility index (Phi) is 20.9. The van der Waals surface area contributed by atoms with Gasteiger partial charge in [-0.1, -0.05) is 43.0 Å². The number of ether oxygens (including phenoxy) is 2. The summed E-state index contributed by atoms with van der Waals surface area (Å²) >= 11 is 6.02. The Balaban J connectivity index is 0.000000150. The number of halogens is 1. The van der Waals surface area contributed by atoms with Gasteiger partial charge in [0.1, 0.15) is 71.6 Å². The summed E-state index contributed by atoms with van der Waals surface area (Å²) in [5.41, 5.74) is 25.5. The van der Waals surface area contributed by atoms with Gasteiger partial charge in [0.2, 0.25) is 17.7 Å². The minimum Gasteiger partial charge on any atom is -0.508 e. The Morgan fingerprint density at radius 3 is 1.47 bits per heavy atom. The lowest BCUT2D eigenvalue weighted by Gasteiger charge is -2.32. The van der Waals surface area contributed by atoms with Gasteiger partial charge in [-0.15, -0.1) is 0 Å². The van der Waals surface area contributed by atoms with E-state index in [1.165, 1.54) is 31.1 Å². The van der Waals surface area contributed by atoms with Crippen LogP contribution >= 0.6 is 11.6 Å². The lowest BCUT2D eigenvalue weighted by Crippen LogP contribution is -2.40. The molecular weight excluding hydrogens is 1180 g/mol. The van der Waals surface area contributed by atoms with E-state index in [9.17, 15) is 19.5 Å². The standard InChI is InChI=1S/C23H28N6O3.C22H27N7O2.C20H21ClN6O/c1-3-19(30)27-16-6-8-17(9-7-16)29-23-20(22(24)25-14-26-23)21(28-29)15-4-10-18(11-5-15)32-13-12-31-2;1-27(2)11-4-6-18(31)28-12-3-5-16(13-28)29-22-19(21(23)24-14-25-22)20(26-29)15-7-9-17(30)10-8-15;1-2-16(28)25-14-7-9-15(10-8-14)27-20-17(19(22)23-11-24-20)18(26-27)12-3-5-13(21)6-4-12/h3-5,10-11,14,16-17H,1,6-9,12-13H2,2H3,(H,27,30)(H2,24,25,26);4,6-10,14,16,30H,3,5,11-13H2,1-2H3,(H2,23,24,25);2-6,11,14-15H,1,7-10H2,(H,25,28)(H2,22,23,24)/b;6-4+;/t;16-;/m.1./s1. The van der Waals surface area contributed by atoms with Crippen molar-refractivity contribution in [2.24, 2.45) is 0 Å². The van der Waals surface area contributed by atoms with Crippen molar-refractivity contribution in [3.8, 4) is 45.3 Å². The number of likely N-dealkylation sites (N-methyl/N-ethyl adjacent to an activating group) is 1. The van der Waals surface area contributed by atoms with Gasteiger partial charge in [-0.3, -0.25) is 14.4 Å². The molecule has 2 aliphatic carbocycles. The van der Waals surface area contributed by atoms with Gasteiger partial charge < -0.3 is 52.2 Å². The number of aromatic nitrogens is 12. The third-order valence-corrected chi connectivity index (χ3v) is 16.7. The first-order valence-corrected chi connectivity index (χ1v) is 30.7. The first-order valence-electron chi connectivity index (χ1n) is 30.3. The molecule has 9 aromatic rings. The maximum Gasteiger partial charge on any atom is 0.246 e. The molecule has 6 aromatic heterocycles. The second-order valence-corrected chi connectivity index (χ2v) is 23.3. The van der Waals surface area contributed by atoms with Crippen LogP contribution in [0.3, 0.4) is 0 Å². The topological polar surface area (TPSA) is 329 Å². The van der Waals surface area contributed by atoms with Gasteiger partial charge in [-0.05, 0) is 151 Å². The molecule has 0 unspecified atom stereocenters. The molecule has 1 saturated heterocycles. The molecule has 0 bridgehead atoms. The number of anilines is 3. The summed E-state index contributed by atoms with van der Waals surface area (Å²) in [6, 6.07) is 22.7. The Hall–Kier alpha value is -9.85. The Morgan fingerprint density at radius 2 is 1.04 bits per heavy atom. The van der Waals surface area contributed by atoms with E-state index in [-0.39, 0.29) is 53.7 Å². The van der Waals surface area contributed by atoms with Crippen molar-refractivity contribution in [3.05, 3.63) is 134 Å². The number of aromatic hydroxyl groups is 1. The summed E-state index contributed by atoms with van der Waals surface area (Å²) < 4.78 is 16.5. The smallest absolute Gasteiger partial charge is 0.246 e. The number of likely N-dealkylation sites (tertiary alicyclic amines) is 1. The highest BCUT2D eigenvalue weighted by Gasteiger charge is 2.31. The Labute approximate surface area is 531 Å². The highest BCUT2D eigenvalue weighted by Crippen LogP contribution is 2.39. The monoisotopic (exact) mass is 1250 g/mol. The van der Waals surface area contributed by atoms with Crippen LogP contribution in [0.4, 0.5) is 17.5 Å². The summed E-state index contributed by atoms with van der Waals surface area (Å²) in [5, 5.41) is 33.1. The zero-order valence-electron chi connectivity index (χ0n) is 51.2. The van der Waals surface area contributed by atoms with Gasteiger partial charge in [0.25, 0.3) is 0 Å². The molecular formula is C65H76ClN19O6. The van der Waals surface area contributed by atoms with Crippen LogP contribution < -0.4 is 32.6 Å². The maximum absolute atomic E-state index is 12.7. The molecule has 1 aliphatic heterocycles. The van der Waals surface area contributed by atoms with Crippen LogP contribution in [0.1, 0.15) is 82.3 Å². The van der Waals surface area contributed by atoms with E-state index in [4.69, 9.17) is 53.6 Å². The number of rotatable bonds is 17. The van der Waals surface area contributed by atoms with E-state index < -0.39 is 0 Å². The van der Waals surface area contributed by atoms with Gasteiger partial charge in [-0.25, -0.2) is 43.9 Å². The fraction of sp³-hybridized carbons (Fsp3) is 0.354. The van der Waals surface area contributed by atoms with Gasteiger partial charge in [0.15, 0.2) is 16.9 Å². The maximum atomic E-state index is 12.7. The van der Waals surface area contributed by atoms with Crippen molar-refractivity contribution in [3.63, 3.8) is 0 Å². The molecule has 0 spiro atoms. The largest absolute Gasteiger partial charge is 0.508 e. The van der Waals surface area contributed by atoms with Crippen LogP contribution in [0, 0.1) is 0 Å². The van der Waals surface area contributed by atoms with Crippen molar-refractivity contribution >= 4 is 79.9 Å². The summed E-state index contributed by atoms with van der Waals surface area (Å²) in [7, 11) is 5.58. The highest BCUT2D eigenvalue weighted by molar-refractivity contribution is 6.30. The number of hydrogen-bond donors (Lipinski definition) is 6. The third kappa shape index (κ3) is 15.3. The van der Waals surface area contributed by atoms with Crippen molar-refractivity contribution in [1.29, 1.82) is 0 Å². The molecule has 3 aliphatic rings. The normalized spacial score (nSPS) is 18.3. The number of carbonyl (C=O) groups excluding carboxylic acids is 3. The number of carbonyl (C=O) groups is 3. The SMILES string of the molecule is C=CC(=O)NC1CCC(n2nc(-c3ccc(Cl)cc3)c3c(N)ncnc32)CC1.C=CC(=O)NC1CCC(n2nc(-c3ccc(OCCOC)cc3)c3c(N)ncnc32)CC1.CN(C)C/C=C/C(=O)N1CCC[C@@H](n2nc(-c3ccc(O)cc3)c3c(N)ncnc32)C1. The van der Waals surface area contributed by atoms with E-state index in [1.54, 1.807) is 37.5 Å². The number of nitrogens with zero attached hydrogens (tertiary/aromatic N) is 14. The van der Waals surface area contributed by atoms with Crippen LogP contribution in [-0.4, -0.2) is 158 Å². The quantitative estimate of drug-likeness (QED) is 0.0367. The Bertz CT molecular complexity index is 4040. The van der Waals surface area contributed by atoms with E-state index in [1.807, 2.05) is 92.5 Å². The van der Waals surface area contributed by atoms with Crippen molar-refractivity contribution < 1.29 is 29.0 Å². The lowest BCUT2D eigenvalue weighted by molar-refractivity contribution is -0.127.